The molecule has 1 aromatic heterocycles. The average Bonchev–Trinajstić information content (AvgIpc) is 2.32. The van der Waals surface area contributed by atoms with Crippen LogP contribution in [0.3, 0.4) is 0 Å². The number of hydrogen-bond acceptors (Lipinski definition) is 2. The number of hydrogen-bond donors (Lipinski definition) is 1. The zero-order valence-corrected chi connectivity index (χ0v) is 10.8. The van der Waals surface area contributed by atoms with Crippen LogP contribution < -0.4 is 5.32 Å². The van der Waals surface area contributed by atoms with Gasteiger partial charge in [-0.2, -0.15) is 0 Å². The van der Waals surface area contributed by atoms with Crippen LogP contribution in [0.4, 0.5) is 11.5 Å². The molecule has 1 N–H and O–H groups in total. The highest BCUT2D eigenvalue weighted by Crippen LogP contribution is 2.30. The van der Waals surface area contributed by atoms with Gasteiger partial charge < -0.3 is 5.32 Å². The van der Waals surface area contributed by atoms with Gasteiger partial charge in [-0.05, 0) is 30.7 Å². The van der Waals surface area contributed by atoms with Gasteiger partial charge in [0, 0.05) is 11.9 Å². The van der Waals surface area contributed by atoms with E-state index in [4.69, 9.17) is 23.2 Å². The molecule has 2 nitrogen and oxygen atoms in total. The largest absolute Gasteiger partial charge is 0.339 e. The van der Waals surface area contributed by atoms with Crippen LogP contribution in [0.2, 0.25) is 5.02 Å². The number of nitrogens with zero attached hydrogens (tertiary/aromatic N) is 1. The SMILES string of the molecule is CC(Cl)c1ccccc1Nc1ncccc1Cl. The second-order valence-corrected chi connectivity index (χ2v) is 4.72. The third-order valence-electron chi connectivity index (χ3n) is 2.40. The van der Waals surface area contributed by atoms with E-state index in [1.165, 1.54) is 0 Å². The van der Waals surface area contributed by atoms with Crippen LogP contribution in [-0.2, 0) is 0 Å². The molecular weight excluding hydrogens is 255 g/mol. The number of aromatic nitrogens is 1. The van der Waals surface area contributed by atoms with Gasteiger partial charge in [-0.1, -0.05) is 29.8 Å². The zero-order chi connectivity index (χ0) is 12.3. The molecule has 0 aliphatic carbocycles. The summed E-state index contributed by atoms with van der Waals surface area (Å²) in [6, 6.07) is 11.4. The molecule has 0 radical (unpaired) electrons. The van der Waals surface area contributed by atoms with Gasteiger partial charge in [0.05, 0.1) is 10.4 Å². The van der Waals surface area contributed by atoms with E-state index in [0.29, 0.717) is 10.8 Å². The van der Waals surface area contributed by atoms with E-state index in [1.807, 2.05) is 31.2 Å². The summed E-state index contributed by atoms with van der Waals surface area (Å²) in [5, 5.41) is 3.71. The topological polar surface area (TPSA) is 24.9 Å². The van der Waals surface area contributed by atoms with Crippen LogP contribution in [0.15, 0.2) is 42.6 Å². The third kappa shape index (κ3) is 2.90. The maximum absolute atomic E-state index is 6.12. The minimum atomic E-state index is -0.0683. The van der Waals surface area contributed by atoms with Crippen molar-refractivity contribution in [2.24, 2.45) is 0 Å². The van der Waals surface area contributed by atoms with Crippen LogP contribution in [0.1, 0.15) is 17.9 Å². The number of pyridine rings is 1. The predicted molar refractivity (Wildman–Crippen MR) is 73.2 cm³/mol. The molecule has 1 aromatic carbocycles. The van der Waals surface area contributed by atoms with Gasteiger partial charge in [0.15, 0.2) is 0 Å². The fourth-order valence-electron chi connectivity index (χ4n) is 1.56. The first-order chi connectivity index (χ1) is 8.18. The van der Waals surface area contributed by atoms with E-state index in [9.17, 15) is 0 Å². The van der Waals surface area contributed by atoms with Crippen molar-refractivity contribution >= 4 is 34.7 Å². The molecule has 0 aliphatic rings. The molecule has 0 spiro atoms. The monoisotopic (exact) mass is 266 g/mol. The Balaban J connectivity index is 2.34. The Morgan fingerprint density at radius 2 is 1.94 bits per heavy atom. The molecule has 2 aromatic rings. The molecule has 0 aliphatic heterocycles. The first kappa shape index (κ1) is 12.2. The van der Waals surface area contributed by atoms with E-state index < -0.39 is 0 Å². The van der Waals surface area contributed by atoms with Gasteiger partial charge in [-0.25, -0.2) is 4.98 Å². The first-order valence-corrected chi connectivity index (χ1v) is 6.10. The second-order valence-electron chi connectivity index (χ2n) is 3.66. The van der Waals surface area contributed by atoms with Crippen molar-refractivity contribution in [2.45, 2.75) is 12.3 Å². The summed E-state index contributed by atoms with van der Waals surface area (Å²) < 4.78 is 0. The number of rotatable bonds is 3. The number of halogens is 2. The normalized spacial score (nSPS) is 12.2. The van der Waals surface area contributed by atoms with Crippen LogP contribution in [0, 0.1) is 0 Å². The highest BCUT2D eigenvalue weighted by Gasteiger charge is 2.09. The minimum Gasteiger partial charge on any atom is -0.339 e. The summed E-state index contributed by atoms with van der Waals surface area (Å²) in [6.07, 6.45) is 1.70. The maximum atomic E-state index is 6.12. The van der Waals surface area contributed by atoms with E-state index >= 15 is 0 Å². The fourth-order valence-corrected chi connectivity index (χ4v) is 1.92. The number of benzene rings is 1. The Bertz CT molecular complexity index is 512. The van der Waals surface area contributed by atoms with E-state index in [-0.39, 0.29) is 5.38 Å². The molecule has 0 amide bonds. The minimum absolute atomic E-state index is 0.0683. The Kier molecular flexibility index (Phi) is 3.87. The van der Waals surface area contributed by atoms with Crippen LogP contribution in [0.5, 0.6) is 0 Å². The van der Waals surface area contributed by atoms with Gasteiger partial charge in [-0.15, -0.1) is 11.6 Å². The smallest absolute Gasteiger partial charge is 0.149 e. The lowest BCUT2D eigenvalue weighted by Crippen LogP contribution is -1.98. The van der Waals surface area contributed by atoms with Gasteiger partial charge in [0.2, 0.25) is 0 Å². The Morgan fingerprint density at radius 3 is 2.65 bits per heavy atom. The maximum Gasteiger partial charge on any atom is 0.149 e. The summed E-state index contributed by atoms with van der Waals surface area (Å²) in [6.45, 7) is 1.93. The molecule has 0 saturated carbocycles. The van der Waals surface area contributed by atoms with Crippen LogP contribution >= 0.6 is 23.2 Å². The highest BCUT2D eigenvalue weighted by molar-refractivity contribution is 6.33. The standard InChI is InChI=1S/C13H12Cl2N2/c1-9(14)10-5-2-3-7-12(10)17-13-11(15)6-4-8-16-13/h2-9H,1H3,(H,16,17). The van der Waals surface area contributed by atoms with Crippen molar-refractivity contribution in [3.05, 3.63) is 53.2 Å². The lowest BCUT2D eigenvalue weighted by atomic mass is 10.1. The van der Waals surface area contributed by atoms with E-state index in [0.717, 1.165) is 11.3 Å². The number of nitrogens with one attached hydrogen (secondary N) is 1. The van der Waals surface area contributed by atoms with Gasteiger partial charge >= 0.3 is 0 Å². The lowest BCUT2D eigenvalue weighted by Gasteiger charge is -2.13. The van der Waals surface area contributed by atoms with Crippen molar-refractivity contribution in [1.29, 1.82) is 0 Å². The fraction of sp³-hybridized carbons (Fsp3) is 0.154. The lowest BCUT2D eigenvalue weighted by molar-refractivity contribution is 1.08. The van der Waals surface area contributed by atoms with Gasteiger partial charge in [0.1, 0.15) is 5.82 Å². The summed E-state index contributed by atoms with van der Waals surface area (Å²) in [4.78, 5) is 4.19. The molecule has 0 fully saturated rings. The summed E-state index contributed by atoms with van der Waals surface area (Å²) >= 11 is 12.2. The van der Waals surface area contributed by atoms with Crippen molar-refractivity contribution in [1.82, 2.24) is 4.98 Å². The van der Waals surface area contributed by atoms with Crippen molar-refractivity contribution in [3.63, 3.8) is 0 Å². The molecule has 0 saturated heterocycles. The summed E-state index contributed by atoms with van der Waals surface area (Å²) in [5.41, 5.74) is 1.95. The highest BCUT2D eigenvalue weighted by atomic mass is 35.5. The van der Waals surface area contributed by atoms with E-state index in [1.54, 1.807) is 18.3 Å². The third-order valence-corrected chi connectivity index (χ3v) is 2.94. The molecular formula is C13H12Cl2N2. The molecule has 1 unspecified atom stereocenters. The molecule has 88 valence electrons. The first-order valence-electron chi connectivity index (χ1n) is 5.29. The Morgan fingerprint density at radius 1 is 1.18 bits per heavy atom. The van der Waals surface area contributed by atoms with Crippen molar-refractivity contribution in [2.75, 3.05) is 5.32 Å². The number of para-hydroxylation sites is 1. The van der Waals surface area contributed by atoms with Crippen LogP contribution in [-0.4, -0.2) is 4.98 Å². The number of alkyl halides is 1. The molecule has 17 heavy (non-hydrogen) atoms. The molecule has 1 heterocycles. The van der Waals surface area contributed by atoms with Crippen molar-refractivity contribution < 1.29 is 0 Å². The van der Waals surface area contributed by atoms with Crippen LogP contribution in [0.25, 0.3) is 0 Å². The van der Waals surface area contributed by atoms with Crippen molar-refractivity contribution in [3.8, 4) is 0 Å². The summed E-state index contributed by atoms with van der Waals surface area (Å²) in [7, 11) is 0. The average molecular weight is 267 g/mol. The predicted octanol–water partition coefficient (Wildman–Crippen LogP) is 4.78. The molecule has 4 heteroatoms. The molecule has 1 atom stereocenters. The van der Waals surface area contributed by atoms with E-state index in [2.05, 4.69) is 10.3 Å². The molecule has 0 bridgehead atoms. The second kappa shape index (κ2) is 5.39. The number of anilines is 2. The van der Waals surface area contributed by atoms with Gasteiger partial charge in [-0.3, -0.25) is 0 Å². The Labute approximate surface area is 111 Å². The zero-order valence-electron chi connectivity index (χ0n) is 9.32. The molecule has 2 rings (SSSR count). The quantitative estimate of drug-likeness (QED) is 0.809. The van der Waals surface area contributed by atoms with Gasteiger partial charge in [0.25, 0.3) is 0 Å². The summed E-state index contributed by atoms with van der Waals surface area (Å²) in [5.74, 6) is 0.638. The Hall–Kier alpha value is -1.25.